The van der Waals surface area contributed by atoms with E-state index < -0.39 is 20.0 Å². The highest BCUT2D eigenvalue weighted by molar-refractivity contribution is 7.89. The number of nitrogens with zero attached hydrogens (tertiary/aromatic N) is 2. The van der Waals surface area contributed by atoms with Crippen LogP contribution in [0.3, 0.4) is 0 Å². The summed E-state index contributed by atoms with van der Waals surface area (Å²) in [6.45, 7) is 3.90. The molecule has 1 N–H and O–H groups in total. The SMILES string of the molecule is Cc1cc(S(=O)(=O)NCCOc2ccc(S(=O)(=O)N3CCOCC3)cc2)ccc1N1CCCC1=O. The molecule has 0 radical (unpaired) electrons. The Labute approximate surface area is 205 Å². The molecule has 0 aromatic heterocycles. The van der Waals surface area contributed by atoms with Crippen molar-refractivity contribution in [3.8, 4) is 5.75 Å². The number of ether oxygens (including phenoxy) is 2. The monoisotopic (exact) mass is 523 g/mol. The average Bonchev–Trinajstić information content (AvgIpc) is 3.28. The Bertz CT molecular complexity index is 1270. The summed E-state index contributed by atoms with van der Waals surface area (Å²) in [5, 5.41) is 0. The lowest BCUT2D eigenvalue weighted by molar-refractivity contribution is -0.117. The number of carbonyl (C=O) groups is 1. The van der Waals surface area contributed by atoms with Gasteiger partial charge in [0.25, 0.3) is 0 Å². The highest BCUT2D eigenvalue weighted by atomic mass is 32.2. The van der Waals surface area contributed by atoms with Crippen LogP contribution < -0.4 is 14.4 Å². The maximum absolute atomic E-state index is 12.7. The van der Waals surface area contributed by atoms with E-state index in [1.54, 1.807) is 36.1 Å². The topological polar surface area (TPSA) is 122 Å². The lowest BCUT2D eigenvalue weighted by atomic mass is 10.2. The Kier molecular flexibility index (Phi) is 7.77. The first-order valence-electron chi connectivity index (χ1n) is 11.4. The van der Waals surface area contributed by atoms with Crippen molar-refractivity contribution in [3.05, 3.63) is 48.0 Å². The number of amides is 1. The number of rotatable bonds is 9. The fraction of sp³-hybridized carbons (Fsp3) is 0.435. The zero-order valence-corrected chi connectivity index (χ0v) is 21.1. The second-order valence-corrected chi connectivity index (χ2v) is 12.0. The van der Waals surface area contributed by atoms with Gasteiger partial charge >= 0.3 is 0 Å². The van der Waals surface area contributed by atoms with Gasteiger partial charge in [-0.25, -0.2) is 21.6 Å². The number of anilines is 1. The van der Waals surface area contributed by atoms with Gasteiger partial charge in [-0.15, -0.1) is 0 Å². The molecule has 2 aromatic rings. The van der Waals surface area contributed by atoms with Crippen molar-refractivity contribution in [1.82, 2.24) is 9.03 Å². The second-order valence-electron chi connectivity index (χ2n) is 8.33. The van der Waals surface area contributed by atoms with E-state index in [4.69, 9.17) is 9.47 Å². The Morgan fingerprint density at radius 2 is 1.66 bits per heavy atom. The molecule has 2 heterocycles. The van der Waals surface area contributed by atoms with Crippen molar-refractivity contribution in [2.24, 2.45) is 0 Å². The van der Waals surface area contributed by atoms with Crippen molar-refractivity contribution >= 4 is 31.6 Å². The minimum Gasteiger partial charge on any atom is -0.492 e. The molecular weight excluding hydrogens is 494 g/mol. The van der Waals surface area contributed by atoms with Crippen LogP contribution in [0, 0.1) is 6.92 Å². The van der Waals surface area contributed by atoms with Crippen LogP contribution in [-0.4, -0.2) is 73.0 Å². The third kappa shape index (κ3) is 5.84. The van der Waals surface area contributed by atoms with Crippen LogP contribution in [0.2, 0.25) is 0 Å². The molecule has 0 unspecified atom stereocenters. The van der Waals surface area contributed by atoms with Crippen LogP contribution in [-0.2, 0) is 29.6 Å². The molecule has 0 bridgehead atoms. The normalized spacial score (nSPS) is 17.6. The van der Waals surface area contributed by atoms with Gasteiger partial charge < -0.3 is 14.4 Å². The molecule has 0 atom stereocenters. The smallest absolute Gasteiger partial charge is 0.243 e. The third-order valence-electron chi connectivity index (χ3n) is 5.94. The molecule has 2 aliphatic rings. The summed E-state index contributed by atoms with van der Waals surface area (Å²) < 4.78 is 65.4. The summed E-state index contributed by atoms with van der Waals surface area (Å²) in [6, 6.07) is 10.7. The van der Waals surface area contributed by atoms with Crippen molar-refractivity contribution in [2.75, 3.05) is 50.9 Å². The lowest BCUT2D eigenvalue weighted by Gasteiger charge is -2.26. The van der Waals surface area contributed by atoms with Crippen LogP contribution in [0.25, 0.3) is 0 Å². The fourth-order valence-corrected chi connectivity index (χ4v) is 6.58. The molecule has 0 aliphatic carbocycles. The highest BCUT2D eigenvalue weighted by Gasteiger charge is 2.26. The fourth-order valence-electron chi connectivity index (χ4n) is 4.07. The predicted molar refractivity (Wildman–Crippen MR) is 129 cm³/mol. The summed E-state index contributed by atoms with van der Waals surface area (Å²) in [5.74, 6) is 0.478. The van der Waals surface area contributed by atoms with E-state index in [2.05, 4.69) is 4.72 Å². The number of hydrogen-bond donors (Lipinski definition) is 1. The standard InChI is InChI=1S/C23H29N3O7S2/c1-18-17-21(8-9-22(18)26-11-2-3-23(26)27)34(28,29)24-10-14-33-19-4-6-20(7-5-19)35(30,31)25-12-15-32-16-13-25/h4-9,17,24H,2-3,10-16H2,1H3. The van der Waals surface area contributed by atoms with Gasteiger partial charge in [-0.05, 0) is 61.4 Å². The van der Waals surface area contributed by atoms with Gasteiger partial charge in [0.2, 0.25) is 26.0 Å². The van der Waals surface area contributed by atoms with Crippen molar-refractivity contribution in [2.45, 2.75) is 29.6 Å². The first-order chi connectivity index (χ1) is 16.7. The average molecular weight is 524 g/mol. The van der Waals surface area contributed by atoms with E-state index in [1.165, 1.54) is 22.5 Å². The minimum absolute atomic E-state index is 0.0293. The molecule has 2 fully saturated rings. The molecule has 2 aliphatic heterocycles. The quantitative estimate of drug-likeness (QED) is 0.494. The van der Waals surface area contributed by atoms with Crippen molar-refractivity contribution in [3.63, 3.8) is 0 Å². The molecule has 2 saturated heterocycles. The van der Waals surface area contributed by atoms with Crippen LogP contribution >= 0.6 is 0 Å². The van der Waals surface area contributed by atoms with E-state index >= 15 is 0 Å². The van der Waals surface area contributed by atoms with E-state index in [-0.39, 0.29) is 28.8 Å². The zero-order valence-electron chi connectivity index (χ0n) is 19.5. The maximum Gasteiger partial charge on any atom is 0.243 e. The molecule has 4 rings (SSSR count). The second kappa shape index (κ2) is 10.6. The van der Waals surface area contributed by atoms with E-state index in [1.807, 2.05) is 0 Å². The minimum atomic E-state index is -3.76. The Balaban J connectivity index is 1.30. The molecule has 0 spiro atoms. The summed E-state index contributed by atoms with van der Waals surface area (Å²) in [5.41, 5.74) is 1.44. The van der Waals surface area contributed by atoms with Gasteiger partial charge in [0, 0.05) is 38.3 Å². The van der Waals surface area contributed by atoms with E-state index in [0.29, 0.717) is 50.6 Å². The molecule has 2 aromatic carbocycles. The number of hydrogen-bond acceptors (Lipinski definition) is 7. The Morgan fingerprint density at radius 1 is 0.971 bits per heavy atom. The predicted octanol–water partition coefficient (Wildman–Crippen LogP) is 1.50. The zero-order chi connectivity index (χ0) is 25.1. The number of nitrogens with one attached hydrogen (secondary N) is 1. The van der Waals surface area contributed by atoms with Crippen LogP contribution in [0.4, 0.5) is 5.69 Å². The number of morpholine rings is 1. The molecule has 190 valence electrons. The number of sulfonamides is 2. The first kappa shape index (κ1) is 25.6. The van der Waals surface area contributed by atoms with Crippen LogP contribution in [0.1, 0.15) is 18.4 Å². The Hall–Kier alpha value is -2.51. The van der Waals surface area contributed by atoms with Crippen LogP contribution in [0.5, 0.6) is 5.75 Å². The molecule has 10 nitrogen and oxygen atoms in total. The number of benzene rings is 2. The Morgan fingerprint density at radius 3 is 2.29 bits per heavy atom. The van der Waals surface area contributed by atoms with E-state index in [9.17, 15) is 21.6 Å². The largest absolute Gasteiger partial charge is 0.492 e. The number of carbonyl (C=O) groups excluding carboxylic acids is 1. The molecule has 35 heavy (non-hydrogen) atoms. The molecular formula is C23H29N3O7S2. The van der Waals surface area contributed by atoms with Gasteiger partial charge in [-0.2, -0.15) is 4.31 Å². The van der Waals surface area contributed by atoms with Gasteiger partial charge in [-0.1, -0.05) is 0 Å². The van der Waals surface area contributed by atoms with Crippen molar-refractivity contribution in [1.29, 1.82) is 0 Å². The first-order valence-corrected chi connectivity index (χ1v) is 14.3. The maximum atomic E-state index is 12.7. The van der Waals surface area contributed by atoms with Crippen LogP contribution in [0.15, 0.2) is 52.3 Å². The molecule has 12 heteroatoms. The van der Waals surface area contributed by atoms with Crippen molar-refractivity contribution < 1.29 is 31.1 Å². The third-order valence-corrected chi connectivity index (χ3v) is 9.31. The van der Waals surface area contributed by atoms with Gasteiger partial charge in [-0.3, -0.25) is 4.79 Å². The number of aryl methyl sites for hydroxylation is 1. The summed E-state index contributed by atoms with van der Waals surface area (Å²) in [7, 11) is -7.34. The van der Waals surface area contributed by atoms with E-state index in [0.717, 1.165) is 12.1 Å². The van der Waals surface area contributed by atoms with Gasteiger partial charge in [0.1, 0.15) is 12.4 Å². The summed E-state index contributed by atoms with van der Waals surface area (Å²) in [4.78, 5) is 14.0. The summed E-state index contributed by atoms with van der Waals surface area (Å²) in [6.07, 6.45) is 1.31. The molecule has 0 saturated carbocycles. The lowest BCUT2D eigenvalue weighted by Crippen LogP contribution is -2.40. The molecule has 1 amide bonds. The summed E-state index contributed by atoms with van der Waals surface area (Å²) >= 11 is 0. The highest BCUT2D eigenvalue weighted by Crippen LogP contribution is 2.27. The van der Waals surface area contributed by atoms with Gasteiger partial charge in [0.15, 0.2) is 0 Å². The van der Waals surface area contributed by atoms with Gasteiger partial charge in [0.05, 0.1) is 23.0 Å².